The summed E-state index contributed by atoms with van der Waals surface area (Å²) in [6, 6.07) is 18.9. The molecule has 7 nitrogen and oxygen atoms in total. The molecule has 0 unspecified atom stereocenters. The van der Waals surface area contributed by atoms with Crippen molar-refractivity contribution in [2.45, 2.75) is 44.8 Å². The topological polar surface area (TPSA) is 84.9 Å². The van der Waals surface area contributed by atoms with Gasteiger partial charge in [0.25, 0.3) is 15.9 Å². The molecular weight excluding hydrogens is 452 g/mol. The molecular formula is C26H28N2O5S. The maximum absolute atomic E-state index is 13.5. The van der Waals surface area contributed by atoms with Gasteiger partial charge >= 0.3 is 0 Å². The summed E-state index contributed by atoms with van der Waals surface area (Å²) in [5.41, 5.74) is 2.82. The maximum Gasteiger partial charge on any atom is 0.267 e. The highest BCUT2D eigenvalue weighted by Gasteiger charge is 2.37. The fourth-order valence-electron chi connectivity index (χ4n) is 3.67. The molecule has 0 fully saturated rings. The lowest BCUT2D eigenvalue weighted by Crippen LogP contribution is -2.48. The molecule has 0 bridgehead atoms. The Morgan fingerprint density at radius 3 is 2.29 bits per heavy atom. The first-order chi connectivity index (χ1) is 16.1. The molecule has 1 aliphatic heterocycles. The number of sulfonamides is 1. The smallest absolute Gasteiger partial charge is 0.267 e. The summed E-state index contributed by atoms with van der Waals surface area (Å²) in [7, 11) is -3.90. The first-order valence-electron chi connectivity index (χ1n) is 11.1. The molecule has 0 aromatic heterocycles. The minimum absolute atomic E-state index is 0.0427. The van der Waals surface area contributed by atoms with Gasteiger partial charge in [-0.2, -0.15) is 0 Å². The van der Waals surface area contributed by atoms with E-state index in [1.54, 1.807) is 60.7 Å². The monoisotopic (exact) mass is 480 g/mol. The van der Waals surface area contributed by atoms with E-state index in [1.807, 2.05) is 33.8 Å². The molecule has 3 aromatic rings. The first-order valence-corrected chi connectivity index (χ1v) is 12.5. The molecule has 4 rings (SSSR count). The highest BCUT2D eigenvalue weighted by Crippen LogP contribution is 2.38. The van der Waals surface area contributed by atoms with Gasteiger partial charge in [0, 0.05) is 5.69 Å². The Balaban J connectivity index is 1.61. The Bertz CT molecular complexity index is 1290. The highest BCUT2D eigenvalue weighted by atomic mass is 32.2. The largest absolute Gasteiger partial charge is 0.491 e. The van der Waals surface area contributed by atoms with Gasteiger partial charge in [0.1, 0.15) is 11.5 Å². The standard InChI is InChI=1S/C26H28N2O5S/c1-17(2)32-21-10-8-20(9-11-21)27-26(29)25-16-28(23-14-7-19(4)15-24(23)33-25)34(30,31)22-12-5-18(3)6-13-22/h5-15,17,25H,16H2,1-4H3,(H,27,29)/t25-/m0/s1. The Morgan fingerprint density at radius 1 is 1.00 bits per heavy atom. The maximum atomic E-state index is 13.5. The van der Waals surface area contributed by atoms with Gasteiger partial charge in [-0.1, -0.05) is 23.8 Å². The van der Waals surface area contributed by atoms with Crippen LogP contribution in [0.2, 0.25) is 0 Å². The minimum Gasteiger partial charge on any atom is -0.491 e. The van der Waals surface area contributed by atoms with E-state index in [4.69, 9.17) is 9.47 Å². The van der Waals surface area contributed by atoms with Crippen LogP contribution in [0, 0.1) is 13.8 Å². The van der Waals surface area contributed by atoms with Crippen LogP contribution in [0.3, 0.4) is 0 Å². The van der Waals surface area contributed by atoms with Gasteiger partial charge in [-0.25, -0.2) is 8.42 Å². The number of hydrogen-bond acceptors (Lipinski definition) is 5. The third-order valence-corrected chi connectivity index (χ3v) is 7.17. The quantitative estimate of drug-likeness (QED) is 0.554. The Labute approximate surface area is 200 Å². The van der Waals surface area contributed by atoms with Gasteiger partial charge in [0.15, 0.2) is 6.10 Å². The van der Waals surface area contributed by atoms with Crippen molar-refractivity contribution in [3.63, 3.8) is 0 Å². The lowest BCUT2D eigenvalue weighted by Gasteiger charge is -2.35. The number of hydrogen-bond donors (Lipinski definition) is 1. The number of carbonyl (C=O) groups excluding carboxylic acids is 1. The summed E-state index contributed by atoms with van der Waals surface area (Å²) < 4.78 is 39.9. The van der Waals surface area contributed by atoms with Crippen LogP contribution in [0.25, 0.3) is 0 Å². The molecule has 1 N–H and O–H groups in total. The number of benzene rings is 3. The van der Waals surface area contributed by atoms with Crippen molar-refractivity contribution in [2.24, 2.45) is 0 Å². The third-order valence-electron chi connectivity index (χ3n) is 5.38. The number of fused-ring (bicyclic) bond motifs is 1. The molecule has 1 heterocycles. The number of aryl methyl sites for hydroxylation is 2. The molecule has 0 spiro atoms. The van der Waals surface area contributed by atoms with Crippen LogP contribution >= 0.6 is 0 Å². The average molecular weight is 481 g/mol. The van der Waals surface area contributed by atoms with Gasteiger partial charge in [0.2, 0.25) is 0 Å². The van der Waals surface area contributed by atoms with Gasteiger partial charge in [-0.15, -0.1) is 0 Å². The fourth-order valence-corrected chi connectivity index (χ4v) is 5.15. The van der Waals surface area contributed by atoms with Crippen LogP contribution in [0.5, 0.6) is 11.5 Å². The number of carbonyl (C=O) groups is 1. The second-order valence-electron chi connectivity index (χ2n) is 8.61. The summed E-state index contributed by atoms with van der Waals surface area (Å²) in [6.45, 7) is 7.50. The van der Waals surface area contributed by atoms with Crippen molar-refractivity contribution in [2.75, 3.05) is 16.2 Å². The number of rotatable bonds is 6. The summed E-state index contributed by atoms with van der Waals surface area (Å²) in [4.78, 5) is 13.2. The summed E-state index contributed by atoms with van der Waals surface area (Å²) in [5.74, 6) is 0.609. The van der Waals surface area contributed by atoms with Crippen LogP contribution in [-0.2, 0) is 14.8 Å². The fraction of sp³-hybridized carbons (Fsp3) is 0.269. The van der Waals surface area contributed by atoms with Crippen LogP contribution in [0.15, 0.2) is 71.6 Å². The zero-order valence-electron chi connectivity index (χ0n) is 19.6. The van der Waals surface area contributed by atoms with Crippen molar-refractivity contribution in [1.29, 1.82) is 0 Å². The Morgan fingerprint density at radius 2 is 1.65 bits per heavy atom. The molecule has 0 radical (unpaired) electrons. The van der Waals surface area contributed by atoms with Crippen LogP contribution in [-0.4, -0.2) is 33.1 Å². The SMILES string of the molecule is Cc1ccc(S(=O)(=O)N2C[C@@H](C(=O)Nc3ccc(OC(C)C)cc3)Oc3cc(C)ccc32)cc1. The minimum atomic E-state index is -3.90. The van der Waals surface area contributed by atoms with Crippen molar-refractivity contribution in [3.8, 4) is 11.5 Å². The Hall–Kier alpha value is -3.52. The molecule has 34 heavy (non-hydrogen) atoms. The molecule has 1 atom stereocenters. The number of anilines is 2. The van der Waals surface area contributed by atoms with E-state index in [0.717, 1.165) is 11.1 Å². The second-order valence-corrected chi connectivity index (χ2v) is 10.5. The second kappa shape index (κ2) is 9.38. The number of nitrogens with zero attached hydrogens (tertiary/aromatic N) is 1. The average Bonchev–Trinajstić information content (AvgIpc) is 2.79. The van der Waals surface area contributed by atoms with Crippen LogP contribution in [0.4, 0.5) is 11.4 Å². The van der Waals surface area contributed by atoms with E-state index in [2.05, 4.69) is 5.32 Å². The summed E-state index contributed by atoms with van der Waals surface area (Å²) >= 11 is 0. The van der Waals surface area contributed by atoms with Crippen LogP contribution < -0.4 is 19.1 Å². The molecule has 1 aliphatic rings. The number of amides is 1. The normalized spacial score (nSPS) is 15.4. The summed E-state index contributed by atoms with van der Waals surface area (Å²) in [6.07, 6.45) is -0.984. The molecule has 3 aromatic carbocycles. The third kappa shape index (κ3) is 5.02. The van der Waals surface area contributed by atoms with E-state index < -0.39 is 22.0 Å². The predicted molar refractivity (Wildman–Crippen MR) is 132 cm³/mol. The van der Waals surface area contributed by atoms with Crippen molar-refractivity contribution in [3.05, 3.63) is 77.9 Å². The molecule has 0 saturated heterocycles. The van der Waals surface area contributed by atoms with Crippen molar-refractivity contribution in [1.82, 2.24) is 0 Å². The molecule has 1 amide bonds. The van der Waals surface area contributed by atoms with Gasteiger partial charge < -0.3 is 14.8 Å². The zero-order valence-corrected chi connectivity index (χ0v) is 20.4. The van der Waals surface area contributed by atoms with E-state index in [1.165, 1.54) is 4.31 Å². The van der Waals surface area contributed by atoms with E-state index in [0.29, 0.717) is 22.9 Å². The lowest BCUT2D eigenvalue weighted by molar-refractivity contribution is -0.122. The molecule has 0 aliphatic carbocycles. The zero-order chi connectivity index (χ0) is 24.5. The Kier molecular flexibility index (Phi) is 6.52. The van der Waals surface area contributed by atoms with E-state index >= 15 is 0 Å². The van der Waals surface area contributed by atoms with Crippen molar-refractivity contribution < 1.29 is 22.7 Å². The van der Waals surface area contributed by atoms with E-state index in [9.17, 15) is 13.2 Å². The summed E-state index contributed by atoms with van der Waals surface area (Å²) in [5, 5.41) is 2.82. The van der Waals surface area contributed by atoms with E-state index in [-0.39, 0.29) is 17.5 Å². The number of nitrogens with one attached hydrogen (secondary N) is 1. The first kappa shape index (κ1) is 23.6. The molecule has 8 heteroatoms. The van der Waals surface area contributed by atoms with Gasteiger partial charge in [0.05, 0.1) is 23.2 Å². The van der Waals surface area contributed by atoms with Gasteiger partial charge in [-0.05, 0) is 81.8 Å². The number of ether oxygens (including phenoxy) is 2. The molecule has 0 saturated carbocycles. The van der Waals surface area contributed by atoms with Crippen LogP contribution in [0.1, 0.15) is 25.0 Å². The van der Waals surface area contributed by atoms with Crippen molar-refractivity contribution >= 4 is 27.3 Å². The lowest BCUT2D eigenvalue weighted by atomic mass is 10.1. The predicted octanol–water partition coefficient (Wildman–Crippen LogP) is 4.69. The highest BCUT2D eigenvalue weighted by molar-refractivity contribution is 7.92. The van der Waals surface area contributed by atoms with Gasteiger partial charge in [-0.3, -0.25) is 9.10 Å². The molecule has 178 valence electrons.